The average Bonchev–Trinajstić information content (AvgIpc) is 2.59. The van der Waals surface area contributed by atoms with Crippen LogP contribution in [0.2, 0.25) is 0 Å². The predicted molar refractivity (Wildman–Crippen MR) is 50.0 cm³/mol. The van der Waals surface area contributed by atoms with Gasteiger partial charge in [-0.2, -0.15) is 0 Å². The van der Waals surface area contributed by atoms with E-state index in [2.05, 4.69) is 4.98 Å². The van der Waals surface area contributed by atoms with Gasteiger partial charge in [-0.25, -0.2) is 0 Å². The molecule has 72 valence electrons. The highest BCUT2D eigenvalue weighted by atomic mass is 16.7. The zero-order valence-electron chi connectivity index (χ0n) is 7.56. The molecule has 0 N–H and O–H groups in total. The van der Waals surface area contributed by atoms with Gasteiger partial charge in [-0.1, -0.05) is 13.0 Å². The molecular weight excluding hydrogens is 184 g/mol. The van der Waals surface area contributed by atoms with Gasteiger partial charge in [0.1, 0.15) is 0 Å². The number of nitro groups is 1. The first-order chi connectivity index (χ1) is 6.70. The molecule has 0 atom stereocenters. The van der Waals surface area contributed by atoms with E-state index < -0.39 is 10.9 Å². The fraction of sp³-hybridized carbons (Fsp3) is 0.222. The fourth-order valence-electron chi connectivity index (χ4n) is 1.25. The lowest BCUT2D eigenvalue weighted by atomic mass is 10.2. The second-order valence-electron chi connectivity index (χ2n) is 2.91. The van der Waals surface area contributed by atoms with E-state index in [1.54, 1.807) is 12.1 Å². The van der Waals surface area contributed by atoms with E-state index >= 15 is 0 Å². The summed E-state index contributed by atoms with van der Waals surface area (Å²) in [5, 5.41) is 10.4. The lowest BCUT2D eigenvalue weighted by Crippen LogP contribution is -1.85. The van der Waals surface area contributed by atoms with Gasteiger partial charge in [0.2, 0.25) is 5.52 Å². The standard InChI is InChI=1S/C9H8N2O3/c1-2-6-3-4-7-8(5-6)14-9(10-7)11(12)13/h3-5H,2H2,1H3. The number of rotatable bonds is 2. The number of aromatic nitrogens is 1. The molecule has 0 spiro atoms. The maximum atomic E-state index is 10.4. The molecule has 5 heteroatoms. The van der Waals surface area contributed by atoms with E-state index in [1.165, 1.54) is 0 Å². The highest BCUT2D eigenvalue weighted by molar-refractivity contribution is 5.74. The first-order valence-electron chi connectivity index (χ1n) is 4.24. The SMILES string of the molecule is CCc1ccc2nc([N+](=O)[O-])oc2c1. The summed E-state index contributed by atoms with van der Waals surface area (Å²) in [6, 6.07) is 4.93. The van der Waals surface area contributed by atoms with Crippen LogP contribution in [0.4, 0.5) is 6.01 Å². The summed E-state index contributed by atoms with van der Waals surface area (Å²) < 4.78 is 4.96. The zero-order valence-corrected chi connectivity index (χ0v) is 7.56. The van der Waals surface area contributed by atoms with Gasteiger partial charge < -0.3 is 14.5 Å². The number of fused-ring (bicyclic) bond motifs is 1. The lowest BCUT2D eigenvalue weighted by Gasteiger charge is -1.90. The van der Waals surface area contributed by atoms with Gasteiger partial charge in [0.25, 0.3) is 0 Å². The Morgan fingerprint density at radius 3 is 3.00 bits per heavy atom. The van der Waals surface area contributed by atoms with Crippen molar-refractivity contribution in [1.29, 1.82) is 0 Å². The molecule has 2 aromatic rings. The van der Waals surface area contributed by atoms with Crippen LogP contribution in [0, 0.1) is 10.1 Å². The van der Waals surface area contributed by atoms with Gasteiger partial charge >= 0.3 is 6.01 Å². The van der Waals surface area contributed by atoms with Crippen molar-refractivity contribution in [2.75, 3.05) is 0 Å². The number of nitrogens with zero attached hydrogens (tertiary/aromatic N) is 2. The minimum Gasteiger partial charge on any atom is -0.381 e. The molecule has 0 bridgehead atoms. The van der Waals surface area contributed by atoms with Gasteiger partial charge in [-0.05, 0) is 24.1 Å². The van der Waals surface area contributed by atoms with E-state index in [0.29, 0.717) is 11.1 Å². The molecule has 0 amide bonds. The van der Waals surface area contributed by atoms with Crippen LogP contribution in [0.25, 0.3) is 11.1 Å². The van der Waals surface area contributed by atoms with Gasteiger partial charge in [0, 0.05) is 9.91 Å². The summed E-state index contributed by atoms with van der Waals surface area (Å²) in [6.07, 6.45) is 0.866. The summed E-state index contributed by atoms with van der Waals surface area (Å²) in [7, 11) is 0. The van der Waals surface area contributed by atoms with Crippen molar-refractivity contribution >= 4 is 17.1 Å². The van der Waals surface area contributed by atoms with Crippen LogP contribution in [0.1, 0.15) is 12.5 Å². The third-order valence-corrected chi connectivity index (χ3v) is 2.01. The molecule has 0 aliphatic heterocycles. The molecule has 1 heterocycles. The zero-order chi connectivity index (χ0) is 10.1. The minimum absolute atomic E-state index is 0.451. The molecule has 0 fully saturated rings. The van der Waals surface area contributed by atoms with Gasteiger partial charge in [-0.3, -0.25) is 0 Å². The van der Waals surface area contributed by atoms with Crippen molar-refractivity contribution < 1.29 is 9.34 Å². The summed E-state index contributed by atoms with van der Waals surface area (Å²) in [5.41, 5.74) is 2.06. The Bertz CT molecular complexity index is 490. The van der Waals surface area contributed by atoms with Crippen LogP contribution >= 0.6 is 0 Å². The maximum absolute atomic E-state index is 10.4. The number of benzene rings is 1. The summed E-state index contributed by atoms with van der Waals surface area (Å²) >= 11 is 0. The number of hydrogen-bond acceptors (Lipinski definition) is 4. The van der Waals surface area contributed by atoms with Crippen molar-refractivity contribution in [3.63, 3.8) is 0 Å². The van der Waals surface area contributed by atoms with Crippen molar-refractivity contribution in [1.82, 2.24) is 4.98 Å². The van der Waals surface area contributed by atoms with Gasteiger partial charge in [0.05, 0.1) is 0 Å². The van der Waals surface area contributed by atoms with Crippen LogP contribution in [0.5, 0.6) is 0 Å². The first-order valence-corrected chi connectivity index (χ1v) is 4.24. The molecule has 1 aromatic heterocycles. The molecule has 5 nitrogen and oxygen atoms in total. The second-order valence-corrected chi connectivity index (χ2v) is 2.91. The molecule has 0 saturated heterocycles. The van der Waals surface area contributed by atoms with Crippen LogP contribution in [-0.4, -0.2) is 9.91 Å². The minimum atomic E-state index is -0.633. The molecular formula is C9H8N2O3. The maximum Gasteiger partial charge on any atom is 0.546 e. The van der Waals surface area contributed by atoms with Gasteiger partial charge in [-0.15, -0.1) is 0 Å². The van der Waals surface area contributed by atoms with E-state index in [-0.39, 0.29) is 0 Å². The lowest BCUT2D eigenvalue weighted by molar-refractivity contribution is -0.406. The molecule has 0 saturated carbocycles. The largest absolute Gasteiger partial charge is 0.546 e. The Morgan fingerprint density at radius 1 is 1.57 bits per heavy atom. The highest BCUT2D eigenvalue weighted by Gasteiger charge is 2.16. The topological polar surface area (TPSA) is 69.2 Å². The highest BCUT2D eigenvalue weighted by Crippen LogP contribution is 2.21. The van der Waals surface area contributed by atoms with Crippen molar-refractivity contribution in [3.8, 4) is 0 Å². The summed E-state index contributed by atoms with van der Waals surface area (Å²) in [6.45, 7) is 2.01. The second kappa shape index (κ2) is 3.10. The summed E-state index contributed by atoms with van der Waals surface area (Å²) in [4.78, 5) is 13.5. The smallest absolute Gasteiger partial charge is 0.381 e. The molecule has 1 aromatic carbocycles. The third-order valence-electron chi connectivity index (χ3n) is 2.01. The van der Waals surface area contributed by atoms with Crippen molar-refractivity contribution in [3.05, 3.63) is 33.9 Å². The van der Waals surface area contributed by atoms with E-state index in [0.717, 1.165) is 12.0 Å². The van der Waals surface area contributed by atoms with Crippen LogP contribution in [-0.2, 0) is 6.42 Å². The van der Waals surface area contributed by atoms with Crippen molar-refractivity contribution in [2.45, 2.75) is 13.3 Å². The molecule has 0 unspecified atom stereocenters. The Hall–Kier alpha value is -1.91. The third kappa shape index (κ3) is 1.32. The Balaban J connectivity index is 2.60. The van der Waals surface area contributed by atoms with Crippen LogP contribution in [0.15, 0.2) is 22.6 Å². The van der Waals surface area contributed by atoms with Crippen LogP contribution < -0.4 is 0 Å². The average molecular weight is 192 g/mol. The fourth-order valence-corrected chi connectivity index (χ4v) is 1.25. The van der Waals surface area contributed by atoms with Crippen LogP contribution in [0.3, 0.4) is 0 Å². The molecule has 0 aliphatic rings. The molecule has 0 aliphatic carbocycles. The van der Waals surface area contributed by atoms with Crippen molar-refractivity contribution in [2.24, 2.45) is 0 Å². The first kappa shape index (κ1) is 8.68. The number of oxazole rings is 1. The molecule has 0 radical (unpaired) electrons. The normalized spacial score (nSPS) is 10.6. The molecule has 14 heavy (non-hydrogen) atoms. The van der Waals surface area contributed by atoms with Gasteiger partial charge in [0.15, 0.2) is 5.58 Å². The number of hydrogen-bond donors (Lipinski definition) is 0. The Morgan fingerprint density at radius 2 is 2.36 bits per heavy atom. The Labute approximate surface area is 79.5 Å². The Kier molecular flexibility index (Phi) is 1.92. The predicted octanol–water partition coefficient (Wildman–Crippen LogP) is 2.30. The van der Waals surface area contributed by atoms with E-state index in [9.17, 15) is 10.1 Å². The quantitative estimate of drug-likeness (QED) is 0.540. The number of aryl methyl sites for hydroxylation is 1. The molecule has 2 rings (SSSR count). The van der Waals surface area contributed by atoms with E-state index in [1.807, 2.05) is 13.0 Å². The summed E-state index contributed by atoms with van der Waals surface area (Å²) in [5.74, 6) is 0. The monoisotopic (exact) mass is 192 g/mol. The van der Waals surface area contributed by atoms with E-state index in [4.69, 9.17) is 4.42 Å².